The van der Waals surface area contributed by atoms with Crippen molar-refractivity contribution in [2.45, 2.75) is 18.9 Å². The number of fused-ring (bicyclic) bond motifs is 1. The smallest absolute Gasteiger partial charge is 0.251 e. The molecule has 1 unspecified atom stereocenters. The van der Waals surface area contributed by atoms with Crippen LogP contribution >= 0.6 is 11.6 Å². The van der Waals surface area contributed by atoms with E-state index < -0.39 is 11.9 Å². The summed E-state index contributed by atoms with van der Waals surface area (Å²) in [5, 5.41) is 4.02. The van der Waals surface area contributed by atoms with Gasteiger partial charge in [-0.2, -0.15) is 0 Å². The van der Waals surface area contributed by atoms with E-state index in [4.69, 9.17) is 17.3 Å². The van der Waals surface area contributed by atoms with Crippen LogP contribution in [0.2, 0.25) is 5.02 Å². The van der Waals surface area contributed by atoms with Crippen LogP contribution in [0.3, 0.4) is 0 Å². The van der Waals surface area contributed by atoms with Gasteiger partial charge < -0.3 is 16.0 Å². The molecule has 0 fully saturated rings. The number of halogens is 1. The third-order valence-corrected chi connectivity index (χ3v) is 4.50. The lowest BCUT2D eigenvalue weighted by atomic mass is 10.1. The monoisotopic (exact) mass is 383 g/mol. The number of rotatable bonds is 6. The highest BCUT2D eigenvalue weighted by Gasteiger charge is 2.20. The minimum absolute atomic E-state index is 0.0544. The fraction of sp³-hybridized carbons (Fsp3) is 0.150. The van der Waals surface area contributed by atoms with Gasteiger partial charge in [-0.1, -0.05) is 41.9 Å². The molecule has 0 saturated carbocycles. The second-order valence-electron chi connectivity index (χ2n) is 6.17. The number of pyridine rings is 1. The molecule has 0 aliphatic rings. The van der Waals surface area contributed by atoms with Gasteiger partial charge >= 0.3 is 0 Å². The fourth-order valence-electron chi connectivity index (χ4n) is 2.83. The summed E-state index contributed by atoms with van der Waals surface area (Å²) in [7, 11) is 0. The molecule has 3 rings (SSSR count). The van der Waals surface area contributed by atoms with E-state index in [0.717, 1.165) is 10.9 Å². The van der Waals surface area contributed by atoms with E-state index in [-0.39, 0.29) is 24.3 Å². The van der Waals surface area contributed by atoms with Gasteiger partial charge in [0.1, 0.15) is 6.04 Å². The van der Waals surface area contributed by atoms with Crippen LogP contribution in [0.25, 0.3) is 10.9 Å². The first-order valence-electron chi connectivity index (χ1n) is 8.39. The summed E-state index contributed by atoms with van der Waals surface area (Å²) in [5.41, 5.74) is 6.97. The standard InChI is InChI=1S/C20H18ClN3O3/c21-15-8-5-12(6-9-15)18(19(22)26)24-17(25)10-7-14-11-13-3-1-2-4-16(13)23-20(14)27/h1-6,8-9,11,18H,7,10H2,(H2,22,26)(H,23,27)(H,24,25). The number of hydrogen-bond donors (Lipinski definition) is 3. The van der Waals surface area contributed by atoms with Gasteiger partial charge in [0.05, 0.1) is 0 Å². The topological polar surface area (TPSA) is 105 Å². The van der Waals surface area contributed by atoms with Gasteiger partial charge in [0.25, 0.3) is 5.56 Å². The quantitative estimate of drug-likeness (QED) is 0.608. The van der Waals surface area contributed by atoms with Crippen LogP contribution in [0.5, 0.6) is 0 Å². The van der Waals surface area contributed by atoms with Crippen molar-refractivity contribution in [1.82, 2.24) is 10.3 Å². The van der Waals surface area contributed by atoms with Crippen LogP contribution in [0.1, 0.15) is 23.6 Å². The Balaban J connectivity index is 1.69. The molecule has 3 aromatic rings. The first-order chi connectivity index (χ1) is 12.9. The van der Waals surface area contributed by atoms with Crippen molar-refractivity contribution < 1.29 is 9.59 Å². The van der Waals surface area contributed by atoms with E-state index in [0.29, 0.717) is 16.1 Å². The van der Waals surface area contributed by atoms with Crippen LogP contribution in [0, 0.1) is 0 Å². The van der Waals surface area contributed by atoms with Crippen molar-refractivity contribution in [3.63, 3.8) is 0 Å². The van der Waals surface area contributed by atoms with E-state index in [1.54, 1.807) is 30.3 Å². The van der Waals surface area contributed by atoms with E-state index in [1.165, 1.54) is 0 Å². The zero-order valence-electron chi connectivity index (χ0n) is 14.4. The van der Waals surface area contributed by atoms with Crippen molar-refractivity contribution in [3.8, 4) is 0 Å². The number of para-hydroxylation sites is 1. The van der Waals surface area contributed by atoms with E-state index in [1.807, 2.05) is 24.3 Å². The molecule has 0 aliphatic heterocycles. The third-order valence-electron chi connectivity index (χ3n) is 4.24. The molecule has 1 atom stereocenters. The molecule has 138 valence electrons. The fourth-order valence-corrected chi connectivity index (χ4v) is 2.96. The molecule has 0 spiro atoms. The molecule has 0 bridgehead atoms. The second-order valence-corrected chi connectivity index (χ2v) is 6.60. The zero-order valence-corrected chi connectivity index (χ0v) is 15.1. The molecule has 2 aromatic carbocycles. The van der Waals surface area contributed by atoms with E-state index in [2.05, 4.69) is 10.3 Å². The summed E-state index contributed by atoms with van der Waals surface area (Å²) in [6.45, 7) is 0. The summed E-state index contributed by atoms with van der Waals surface area (Å²) in [6.07, 6.45) is 0.302. The SMILES string of the molecule is NC(=O)C(NC(=O)CCc1cc2ccccc2[nH]c1=O)c1ccc(Cl)cc1. The summed E-state index contributed by atoms with van der Waals surface area (Å²) >= 11 is 5.84. The Labute approximate surface area is 160 Å². The number of nitrogens with two attached hydrogens (primary N) is 1. The number of aromatic nitrogens is 1. The van der Waals surface area contributed by atoms with Gasteiger partial charge in [-0.25, -0.2) is 0 Å². The molecule has 7 heteroatoms. The number of amides is 2. The number of carbonyl (C=O) groups excluding carboxylic acids is 2. The average molecular weight is 384 g/mol. The Morgan fingerprint density at radius 3 is 2.52 bits per heavy atom. The highest BCUT2D eigenvalue weighted by atomic mass is 35.5. The van der Waals surface area contributed by atoms with Gasteiger partial charge in [-0.05, 0) is 41.6 Å². The number of carbonyl (C=O) groups is 2. The second kappa shape index (κ2) is 8.05. The molecular formula is C20H18ClN3O3. The lowest BCUT2D eigenvalue weighted by molar-refractivity contribution is -0.127. The van der Waals surface area contributed by atoms with Crippen LogP contribution < -0.4 is 16.6 Å². The maximum absolute atomic E-state index is 12.3. The molecule has 1 aromatic heterocycles. The molecule has 4 N–H and O–H groups in total. The highest BCUT2D eigenvalue weighted by Crippen LogP contribution is 2.17. The molecule has 6 nitrogen and oxygen atoms in total. The van der Waals surface area contributed by atoms with Gasteiger partial charge in [-0.15, -0.1) is 0 Å². The van der Waals surface area contributed by atoms with Gasteiger partial charge in [0, 0.05) is 22.5 Å². The van der Waals surface area contributed by atoms with Gasteiger partial charge in [0.2, 0.25) is 11.8 Å². The van der Waals surface area contributed by atoms with Crippen molar-refractivity contribution in [2.75, 3.05) is 0 Å². The first-order valence-corrected chi connectivity index (χ1v) is 8.77. The predicted octanol–water partition coefficient (Wildman–Crippen LogP) is 2.46. The zero-order chi connectivity index (χ0) is 19.4. The summed E-state index contributed by atoms with van der Waals surface area (Å²) in [6, 6.07) is 14.7. The number of benzene rings is 2. The number of hydrogen-bond acceptors (Lipinski definition) is 3. The van der Waals surface area contributed by atoms with Crippen molar-refractivity contribution in [3.05, 3.63) is 81.1 Å². The molecule has 0 saturated heterocycles. The summed E-state index contributed by atoms with van der Waals surface area (Å²) < 4.78 is 0. The van der Waals surface area contributed by atoms with Crippen molar-refractivity contribution in [2.24, 2.45) is 5.73 Å². The highest BCUT2D eigenvalue weighted by molar-refractivity contribution is 6.30. The Kier molecular flexibility index (Phi) is 5.57. The number of nitrogens with one attached hydrogen (secondary N) is 2. The number of primary amides is 1. The molecule has 2 amide bonds. The van der Waals surface area contributed by atoms with Crippen molar-refractivity contribution in [1.29, 1.82) is 0 Å². The third kappa shape index (κ3) is 4.54. The Hall–Kier alpha value is -3.12. The predicted molar refractivity (Wildman–Crippen MR) is 104 cm³/mol. The largest absolute Gasteiger partial charge is 0.368 e. The van der Waals surface area contributed by atoms with Crippen LogP contribution in [0.4, 0.5) is 0 Å². The minimum atomic E-state index is -0.954. The summed E-state index contributed by atoms with van der Waals surface area (Å²) in [4.78, 5) is 39.0. The Morgan fingerprint density at radius 2 is 1.81 bits per heavy atom. The molecular weight excluding hydrogens is 366 g/mol. The van der Waals surface area contributed by atoms with E-state index >= 15 is 0 Å². The van der Waals surface area contributed by atoms with Crippen LogP contribution in [-0.4, -0.2) is 16.8 Å². The van der Waals surface area contributed by atoms with Crippen LogP contribution in [0.15, 0.2) is 59.4 Å². The van der Waals surface area contributed by atoms with Crippen molar-refractivity contribution >= 4 is 34.3 Å². The maximum Gasteiger partial charge on any atom is 0.251 e. The number of aryl methyl sites for hydroxylation is 1. The lowest BCUT2D eigenvalue weighted by Gasteiger charge is -2.16. The molecule has 1 heterocycles. The number of aromatic amines is 1. The van der Waals surface area contributed by atoms with E-state index in [9.17, 15) is 14.4 Å². The van der Waals surface area contributed by atoms with Gasteiger partial charge in [0.15, 0.2) is 0 Å². The number of H-pyrrole nitrogens is 1. The minimum Gasteiger partial charge on any atom is -0.368 e. The molecule has 0 radical (unpaired) electrons. The molecule has 0 aliphatic carbocycles. The average Bonchev–Trinajstić information content (AvgIpc) is 2.65. The van der Waals surface area contributed by atoms with Gasteiger partial charge in [-0.3, -0.25) is 14.4 Å². The maximum atomic E-state index is 12.3. The summed E-state index contributed by atoms with van der Waals surface area (Å²) in [5.74, 6) is -1.05. The van der Waals surface area contributed by atoms with Crippen LogP contribution in [-0.2, 0) is 16.0 Å². The Morgan fingerprint density at radius 1 is 1.11 bits per heavy atom. The first kappa shape index (κ1) is 18.7. The normalized spacial score (nSPS) is 11.9. The molecule has 27 heavy (non-hydrogen) atoms. The Bertz CT molecular complexity index is 1040. The lowest BCUT2D eigenvalue weighted by Crippen LogP contribution is -2.37.